The molecule has 0 aliphatic carbocycles. The first kappa shape index (κ1) is 8.65. The van der Waals surface area contributed by atoms with Crippen LogP contribution < -0.4 is 0 Å². The SMILES string of the molecule is CC.c1cnc2cccnc2c1. The van der Waals surface area contributed by atoms with E-state index in [1.807, 2.05) is 38.1 Å². The maximum absolute atomic E-state index is 4.12. The van der Waals surface area contributed by atoms with Gasteiger partial charge in [0.2, 0.25) is 0 Å². The van der Waals surface area contributed by atoms with E-state index in [-0.39, 0.29) is 0 Å². The number of nitrogens with zero attached hydrogens (tertiary/aromatic N) is 2. The Morgan fingerprint density at radius 3 is 1.67 bits per heavy atom. The van der Waals surface area contributed by atoms with Crippen molar-refractivity contribution in [1.82, 2.24) is 9.97 Å². The molecule has 0 atom stereocenters. The molecule has 0 amide bonds. The topological polar surface area (TPSA) is 25.8 Å². The van der Waals surface area contributed by atoms with Gasteiger partial charge in [-0.2, -0.15) is 0 Å². The summed E-state index contributed by atoms with van der Waals surface area (Å²) in [4.78, 5) is 8.24. The molecule has 12 heavy (non-hydrogen) atoms. The van der Waals surface area contributed by atoms with Crippen LogP contribution in [0.2, 0.25) is 0 Å². The molecule has 2 nitrogen and oxygen atoms in total. The molecule has 0 spiro atoms. The van der Waals surface area contributed by atoms with Crippen LogP contribution in [0.4, 0.5) is 0 Å². The molecule has 0 aliphatic heterocycles. The fraction of sp³-hybridized carbons (Fsp3) is 0.200. The lowest BCUT2D eigenvalue weighted by Gasteiger charge is -1.90. The lowest BCUT2D eigenvalue weighted by Crippen LogP contribution is -1.78. The third kappa shape index (κ3) is 1.78. The zero-order chi connectivity index (χ0) is 8.81. The number of hydrogen-bond acceptors (Lipinski definition) is 2. The number of hydrogen-bond donors (Lipinski definition) is 0. The summed E-state index contributed by atoms with van der Waals surface area (Å²) in [5.74, 6) is 0. The summed E-state index contributed by atoms with van der Waals surface area (Å²) < 4.78 is 0. The van der Waals surface area contributed by atoms with Crippen molar-refractivity contribution in [2.24, 2.45) is 0 Å². The molecule has 0 unspecified atom stereocenters. The predicted octanol–water partition coefficient (Wildman–Crippen LogP) is 2.66. The Balaban J connectivity index is 0.000000336. The van der Waals surface area contributed by atoms with Crippen molar-refractivity contribution < 1.29 is 0 Å². The fourth-order valence-electron chi connectivity index (χ4n) is 0.904. The molecule has 2 heterocycles. The van der Waals surface area contributed by atoms with E-state index < -0.39 is 0 Å². The monoisotopic (exact) mass is 160 g/mol. The van der Waals surface area contributed by atoms with E-state index in [1.54, 1.807) is 12.4 Å². The van der Waals surface area contributed by atoms with Crippen molar-refractivity contribution in [2.45, 2.75) is 13.8 Å². The van der Waals surface area contributed by atoms with Crippen molar-refractivity contribution in [3.63, 3.8) is 0 Å². The third-order valence-electron chi connectivity index (χ3n) is 1.37. The number of fused-ring (bicyclic) bond motifs is 1. The molecule has 0 aromatic carbocycles. The summed E-state index contributed by atoms with van der Waals surface area (Å²) in [6.45, 7) is 4.00. The van der Waals surface area contributed by atoms with Gasteiger partial charge in [0.05, 0.1) is 11.0 Å². The molecule has 0 bridgehead atoms. The first-order valence-corrected chi connectivity index (χ1v) is 4.12. The van der Waals surface area contributed by atoms with Gasteiger partial charge in [-0.15, -0.1) is 0 Å². The highest BCUT2D eigenvalue weighted by Crippen LogP contribution is 2.04. The van der Waals surface area contributed by atoms with Gasteiger partial charge >= 0.3 is 0 Å². The molecular weight excluding hydrogens is 148 g/mol. The van der Waals surface area contributed by atoms with Gasteiger partial charge in [0.1, 0.15) is 0 Å². The van der Waals surface area contributed by atoms with Crippen molar-refractivity contribution in [3.8, 4) is 0 Å². The van der Waals surface area contributed by atoms with E-state index in [1.165, 1.54) is 0 Å². The van der Waals surface area contributed by atoms with Crippen LogP contribution in [0, 0.1) is 0 Å². The van der Waals surface area contributed by atoms with Crippen LogP contribution in [0.5, 0.6) is 0 Å². The maximum atomic E-state index is 4.12. The van der Waals surface area contributed by atoms with Crippen molar-refractivity contribution in [1.29, 1.82) is 0 Å². The quantitative estimate of drug-likeness (QED) is 0.592. The van der Waals surface area contributed by atoms with Crippen LogP contribution in [0.1, 0.15) is 13.8 Å². The highest BCUT2D eigenvalue weighted by atomic mass is 14.7. The van der Waals surface area contributed by atoms with Crippen LogP contribution in [0.15, 0.2) is 36.7 Å². The average Bonchev–Trinajstić information content (AvgIpc) is 2.21. The number of rotatable bonds is 0. The molecule has 2 aromatic rings. The number of pyridine rings is 2. The van der Waals surface area contributed by atoms with E-state index in [0.29, 0.717) is 0 Å². The van der Waals surface area contributed by atoms with Gasteiger partial charge in [0.25, 0.3) is 0 Å². The summed E-state index contributed by atoms with van der Waals surface area (Å²) in [6.07, 6.45) is 3.54. The summed E-state index contributed by atoms with van der Waals surface area (Å²) in [5, 5.41) is 0. The van der Waals surface area contributed by atoms with Crippen LogP contribution >= 0.6 is 0 Å². The Morgan fingerprint density at radius 2 is 1.25 bits per heavy atom. The van der Waals surface area contributed by atoms with Crippen LogP contribution in [0.25, 0.3) is 11.0 Å². The second-order valence-corrected chi connectivity index (χ2v) is 2.05. The smallest absolute Gasteiger partial charge is 0.0886 e. The van der Waals surface area contributed by atoms with E-state index >= 15 is 0 Å². The summed E-state index contributed by atoms with van der Waals surface area (Å²) in [5.41, 5.74) is 1.90. The zero-order valence-corrected chi connectivity index (χ0v) is 7.36. The third-order valence-corrected chi connectivity index (χ3v) is 1.37. The maximum Gasteiger partial charge on any atom is 0.0886 e. The van der Waals surface area contributed by atoms with Crippen LogP contribution in [-0.2, 0) is 0 Å². The molecule has 0 radical (unpaired) electrons. The second-order valence-electron chi connectivity index (χ2n) is 2.05. The molecule has 0 N–H and O–H groups in total. The summed E-state index contributed by atoms with van der Waals surface area (Å²) in [6, 6.07) is 7.66. The lowest BCUT2D eigenvalue weighted by molar-refractivity contribution is 1.34. The first-order valence-electron chi connectivity index (χ1n) is 4.12. The zero-order valence-electron chi connectivity index (χ0n) is 7.36. The Labute approximate surface area is 72.3 Å². The second kappa shape index (κ2) is 4.44. The highest BCUT2D eigenvalue weighted by Gasteiger charge is 1.88. The largest absolute Gasteiger partial charge is 0.255 e. The Bertz CT molecular complexity index is 279. The molecule has 2 rings (SSSR count). The van der Waals surface area contributed by atoms with Crippen LogP contribution in [0.3, 0.4) is 0 Å². The minimum Gasteiger partial charge on any atom is -0.255 e. The van der Waals surface area contributed by atoms with E-state index in [2.05, 4.69) is 9.97 Å². The molecule has 0 fully saturated rings. The first-order chi connectivity index (χ1) is 5.97. The van der Waals surface area contributed by atoms with Gasteiger partial charge in [-0.3, -0.25) is 9.97 Å². The summed E-state index contributed by atoms with van der Waals surface area (Å²) in [7, 11) is 0. The number of aromatic nitrogens is 2. The van der Waals surface area contributed by atoms with Gasteiger partial charge in [-0.05, 0) is 24.3 Å². The van der Waals surface area contributed by atoms with Gasteiger partial charge in [0, 0.05) is 12.4 Å². The molecule has 2 heteroatoms. The lowest BCUT2D eigenvalue weighted by atomic mass is 10.3. The Hall–Kier alpha value is -1.44. The van der Waals surface area contributed by atoms with E-state index in [0.717, 1.165) is 11.0 Å². The molecular formula is C10H12N2. The Morgan fingerprint density at radius 1 is 0.833 bits per heavy atom. The molecule has 0 saturated heterocycles. The van der Waals surface area contributed by atoms with Gasteiger partial charge in [-0.25, -0.2) is 0 Å². The van der Waals surface area contributed by atoms with Gasteiger partial charge in [-0.1, -0.05) is 13.8 Å². The normalized spacial score (nSPS) is 8.83. The van der Waals surface area contributed by atoms with E-state index in [9.17, 15) is 0 Å². The fourth-order valence-corrected chi connectivity index (χ4v) is 0.904. The highest BCUT2D eigenvalue weighted by molar-refractivity contribution is 5.72. The standard InChI is InChI=1S/C8H6N2.C2H6/c1-3-7-8(9-5-1)4-2-6-10-7;1-2/h1-6H;1-2H3. The van der Waals surface area contributed by atoms with Gasteiger partial charge in [0.15, 0.2) is 0 Å². The minimum absolute atomic E-state index is 0.949. The van der Waals surface area contributed by atoms with Crippen molar-refractivity contribution in [3.05, 3.63) is 36.7 Å². The molecule has 0 saturated carbocycles. The molecule has 2 aromatic heterocycles. The van der Waals surface area contributed by atoms with E-state index in [4.69, 9.17) is 0 Å². The Kier molecular flexibility index (Phi) is 3.20. The predicted molar refractivity (Wildman–Crippen MR) is 50.9 cm³/mol. The average molecular weight is 160 g/mol. The molecule has 0 aliphatic rings. The van der Waals surface area contributed by atoms with Crippen molar-refractivity contribution in [2.75, 3.05) is 0 Å². The van der Waals surface area contributed by atoms with Crippen molar-refractivity contribution >= 4 is 11.0 Å². The van der Waals surface area contributed by atoms with Gasteiger partial charge < -0.3 is 0 Å². The minimum atomic E-state index is 0.949. The summed E-state index contributed by atoms with van der Waals surface area (Å²) >= 11 is 0. The van der Waals surface area contributed by atoms with Crippen LogP contribution in [-0.4, -0.2) is 9.97 Å². The molecule has 62 valence electrons.